The molecule has 1 fully saturated rings. The zero-order chi connectivity index (χ0) is 15.2. The van der Waals surface area contributed by atoms with Gasteiger partial charge in [-0.3, -0.25) is 9.59 Å². The fourth-order valence-corrected chi connectivity index (χ4v) is 2.78. The summed E-state index contributed by atoms with van der Waals surface area (Å²) in [5, 5.41) is 3.32. The summed E-state index contributed by atoms with van der Waals surface area (Å²) in [6.45, 7) is 0.334. The first-order valence-electron chi connectivity index (χ1n) is 7.37. The van der Waals surface area contributed by atoms with Crippen LogP contribution in [0.2, 0.25) is 5.02 Å². The summed E-state index contributed by atoms with van der Waals surface area (Å²) in [4.78, 5) is 25.6. The molecule has 0 bridgehead atoms. The molecule has 0 aromatic heterocycles. The number of carbonyl (C=O) groups is 2. The lowest BCUT2D eigenvalue weighted by atomic mass is 9.94. The molecule has 0 radical (unpaired) electrons. The Labute approximate surface area is 130 Å². The van der Waals surface area contributed by atoms with Gasteiger partial charge in [0, 0.05) is 24.7 Å². The summed E-state index contributed by atoms with van der Waals surface area (Å²) in [5.41, 5.74) is 0.917. The minimum atomic E-state index is -0.543. The number of carbonyl (C=O) groups excluding carboxylic acids is 2. The van der Waals surface area contributed by atoms with E-state index in [9.17, 15) is 9.59 Å². The van der Waals surface area contributed by atoms with Gasteiger partial charge in [0.25, 0.3) is 0 Å². The van der Waals surface area contributed by atoms with E-state index >= 15 is 0 Å². The quantitative estimate of drug-likeness (QED) is 0.873. The molecule has 1 saturated carbocycles. The second kappa shape index (κ2) is 7.46. The van der Waals surface area contributed by atoms with Crippen molar-refractivity contribution in [3.63, 3.8) is 0 Å². The second-order valence-electron chi connectivity index (χ2n) is 5.52. The maximum Gasteiger partial charge on any atom is 0.311 e. The minimum Gasteiger partial charge on any atom is -0.344 e. The highest BCUT2D eigenvalue weighted by molar-refractivity contribution is 6.35. The van der Waals surface area contributed by atoms with Crippen molar-refractivity contribution in [1.29, 1.82) is 0 Å². The van der Waals surface area contributed by atoms with Gasteiger partial charge in [0.15, 0.2) is 0 Å². The van der Waals surface area contributed by atoms with Crippen LogP contribution < -0.4 is 5.32 Å². The molecule has 1 aliphatic rings. The first-order valence-corrected chi connectivity index (χ1v) is 7.75. The average Bonchev–Trinajstić information content (AvgIpc) is 2.53. The Morgan fingerprint density at radius 1 is 1.19 bits per heavy atom. The van der Waals surface area contributed by atoms with Crippen molar-refractivity contribution in [2.75, 3.05) is 7.05 Å². The number of nitrogens with zero attached hydrogens (tertiary/aromatic N) is 1. The van der Waals surface area contributed by atoms with E-state index in [0.717, 1.165) is 31.2 Å². The summed E-state index contributed by atoms with van der Waals surface area (Å²) in [6, 6.07) is 7.39. The van der Waals surface area contributed by atoms with Crippen molar-refractivity contribution in [1.82, 2.24) is 10.2 Å². The van der Waals surface area contributed by atoms with Crippen LogP contribution in [0.15, 0.2) is 24.3 Å². The van der Waals surface area contributed by atoms with Gasteiger partial charge in [-0.15, -0.1) is 0 Å². The van der Waals surface area contributed by atoms with E-state index in [-0.39, 0.29) is 6.04 Å². The number of amides is 2. The Morgan fingerprint density at radius 3 is 2.43 bits per heavy atom. The van der Waals surface area contributed by atoms with Gasteiger partial charge in [0.1, 0.15) is 0 Å². The van der Waals surface area contributed by atoms with Gasteiger partial charge in [0.05, 0.1) is 0 Å². The predicted octanol–water partition coefficient (Wildman–Crippen LogP) is 2.75. The Hall–Kier alpha value is -1.55. The number of halogens is 1. The van der Waals surface area contributed by atoms with Crippen LogP contribution in [0, 0.1) is 0 Å². The van der Waals surface area contributed by atoms with Crippen molar-refractivity contribution in [2.45, 2.75) is 44.7 Å². The molecule has 2 rings (SSSR count). The highest BCUT2D eigenvalue weighted by Crippen LogP contribution is 2.21. The maximum atomic E-state index is 12.1. The lowest BCUT2D eigenvalue weighted by Gasteiger charge is -2.30. The molecule has 0 unspecified atom stereocenters. The molecule has 2 amide bonds. The lowest BCUT2D eigenvalue weighted by molar-refractivity contribution is -0.146. The molecule has 5 heteroatoms. The summed E-state index contributed by atoms with van der Waals surface area (Å²) >= 11 is 5.80. The number of hydrogen-bond acceptors (Lipinski definition) is 2. The zero-order valence-electron chi connectivity index (χ0n) is 12.3. The topological polar surface area (TPSA) is 49.4 Å². The van der Waals surface area contributed by atoms with Gasteiger partial charge in [-0.2, -0.15) is 0 Å². The monoisotopic (exact) mass is 308 g/mol. The first kappa shape index (κ1) is 15.8. The van der Waals surface area contributed by atoms with Crippen LogP contribution in [0.4, 0.5) is 0 Å². The third-order valence-electron chi connectivity index (χ3n) is 4.00. The SMILES string of the molecule is CN(C(=O)C(=O)NCc1ccc(Cl)cc1)C1CCCCC1. The molecule has 0 atom stereocenters. The Balaban J connectivity index is 1.84. The summed E-state index contributed by atoms with van der Waals surface area (Å²) < 4.78 is 0. The predicted molar refractivity (Wildman–Crippen MR) is 82.9 cm³/mol. The number of hydrogen-bond donors (Lipinski definition) is 1. The normalized spacial score (nSPS) is 15.5. The van der Waals surface area contributed by atoms with E-state index in [2.05, 4.69) is 5.32 Å². The molecule has 1 aliphatic carbocycles. The molecule has 0 aliphatic heterocycles. The van der Waals surface area contributed by atoms with Crippen LogP contribution in [0.5, 0.6) is 0 Å². The second-order valence-corrected chi connectivity index (χ2v) is 5.95. The number of likely N-dealkylation sites (N-methyl/N-ethyl adjacent to an activating group) is 1. The highest BCUT2D eigenvalue weighted by Gasteiger charge is 2.26. The van der Waals surface area contributed by atoms with Crippen molar-refractivity contribution >= 4 is 23.4 Å². The van der Waals surface area contributed by atoms with Crippen molar-refractivity contribution in [3.8, 4) is 0 Å². The van der Waals surface area contributed by atoms with E-state index in [1.807, 2.05) is 12.1 Å². The van der Waals surface area contributed by atoms with Crippen molar-refractivity contribution < 1.29 is 9.59 Å². The molecular weight excluding hydrogens is 288 g/mol. The zero-order valence-corrected chi connectivity index (χ0v) is 13.0. The van der Waals surface area contributed by atoms with E-state index in [1.165, 1.54) is 6.42 Å². The molecule has 1 N–H and O–H groups in total. The number of rotatable bonds is 3. The van der Waals surface area contributed by atoms with Crippen LogP contribution in [0.1, 0.15) is 37.7 Å². The summed E-state index contributed by atoms with van der Waals surface area (Å²) in [6.07, 6.45) is 5.48. The first-order chi connectivity index (χ1) is 10.1. The minimum absolute atomic E-state index is 0.201. The van der Waals surface area contributed by atoms with E-state index in [1.54, 1.807) is 24.1 Å². The van der Waals surface area contributed by atoms with Crippen LogP contribution >= 0.6 is 11.6 Å². The molecular formula is C16H21ClN2O2. The molecule has 1 aromatic rings. The third-order valence-corrected chi connectivity index (χ3v) is 4.26. The lowest BCUT2D eigenvalue weighted by Crippen LogP contribution is -2.46. The van der Waals surface area contributed by atoms with Gasteiger partial charge >= 0.3 is 11.8 Å². The van der Waals surface area contributed by atoms with Gasteiger partial charge in [-0.25, -0.2) is 0 Å². The average molecular weight is 309 g/mol. The molecule has 1 aromatic carbocycles. The molecule has 0 heterocycles. The Kier molecular flexibility index (Phi) is 5.62. The summed E-state index contributed by atoms with van der Waals surface area (Å²) in [7, 11) is 1.72. The molecule has 0 saturated heterocycles. The molecule has 21 heavy (non-hydrogen) atoms. The van der Waals surface area contributed by atoms with E-state index < -0.39 is 11.8 Å². The van der Waals surface area contributed by atoms with Crippen molar-refractivity contribution in [2.24, 2.45) is 0 Å². The Morgan fingerprint density at radius 2 is 1.81 bits per heavy atom. The van der Waals surface area contributed by atoms with Crippen molar-refractivity contribution in [3.05, 3.63) is 34.9 Å². The van der Waals surface area contributed by atoms with Crippen LogP contribution in [-0.4, -0.2) is 29.8 Å². The maximum absolute atomic E-state index is 12.1. The number of benzene rings is 1. The van der Waals surface area contributed by atoms with Gasteiger partial charge in [0.2, 0.25) is 0 Å². The molecule has 114 valence electrons. The molecule has 0 spiro atoms. The van der Waals surface area contributed by atoms with Crippen LogP contribution in [-0.2, 0) is 16.1 Å². The highest BCUT2D eigenvalue weighted by atomic mass is 35.5. The fourth-order valence-electron chi connectivity index (χ4n) is 2.65. The van der Waals surface area contributed by atoms with Crippen LogP contribution in [0.3, 0.4) is 0 Å². The van der Waals surface area contributed by atoms with Gasteiger partial charge in [-0.1, -0.05) is 43.0 Å². The van der Waals surface area contributed by atoms with Gasteiger partial charge in [-0.05, 0) is 30.5 Å². The summed E-state index contributed by atoms with van der Waals surface area (Å²) in [5.74, 6) is -0.992. The van der Waals surface area contributed by atoms with Gasteiger partial charge < -0.3 is 10.2 Å². The van der Waals surface area contributed by atoms with E-state index in [4.69, 9.17) is 11.6 Å². The molecule has 4 nitrogen and oxygen atoms in total. The smallest absolute Gasteiger partial charge is 0.311 e. The largest absolute Gasteiger partial charge is 0.344 e. The fraction of sp³-hybridized carbons (Fsp3) is 0.500. The Bertz CT molecular complexity index is 496. The third kappa shape index (κ3) is 4.46. The number of nitrogens with one attached hydrogen (secondary N) is 1. The standard InChI is InChI=1S/C16H21ClN2O2/c1-19(14-5-3-2-4-6-14)16(21)15(20)18-11-12-7-9-13(17)10-8-12/h7-10,14H,2-6,11H2,1H3,(H,18,20). The van der Waals surface area contributed by atoms with E-state index in [0.29, 0.717) is 11.6 Å². The van der Waals surface area contributed by atoms with Crippen LogP contribution in [0.25, 0.3) is 0 Å².